The van der Waals surface area contributed by atoms with Gasteiger partial charge in [0.15, 0.2) is 5.78 Å². The van der Waals surface area contributed by atoms with Gasteiger partial charge in [0, 0.05) is 74.2 Å². The molecule has 4 heterocycles. The number of amides is 1. The van der Waals surface area contributed by atoms with Crippen LogP contribution in [0.4, 0.5) is 0 Å². The predicted octanol–water partition coefficient (Wildman–Crippen LogP) is 2.11. The van der Waals surface area contributed by atoms with E-state index in [1.54, 1.807) is 0 Å². The van der Waals surface area contributed by atoms with Gasteiger partial charge in [-0.3, -0.25) is 9.59 Å². The van der Waals surface area contributed by atoms with Gasteiger partial charge < -0.3 is 15.1 Å². The van der Waals surface area contributed by atoms with E-state index in [0.717, 1.165) is 50.4 Å². The summed E-state index contributed by atoms with van der Waals surface area (Å²) in [4.78, 5) is 30.9. The zero-order valence-corrected chi connectivity index (χ0v) is 17.1. The molecule has 154 valence electrons. The molecule has 0 radical (unpaired) electrons. The largest absolute Gasteiger partial charge is 0.348 e. The highest BCUT2D eigenvalue weighted by Gasteiger charge is 2.55. The van der Waals surface area contributed by atoms with Crippen molar-refractivity contribution in [1.82, 2.24) is 15.1 Å². The summed E-state index contributed by atoms with van der Waals surface area (Å²) < 4.78 is 0. The second-order valence-corrected chi connectivity index (χ2v) is 9.46. The molecule has 2 unspecified atom stereocenters. The Bertz CT molecular complexity index is 1000. The molecule has 4 bridgehead atoms. The Labute approximate surface area is 177 Å². The maximum Gasteiger partial charge on any atom is 0.251 e. The van der Waals surface area contributed by atoms with Crippen LogP contribution in [0.25, 0.3) is 0 Å². The lowest BCUT2D eigenvalue weighted by Gasteiger charge is -2.55. The Kier molecular flexibility index (Phi) is 4.12. The smallest absolute Gasteiger partial charge is 0.251 e. The monoisotopic (exact) mass is 401 g/mol. The van der Waals surface area contributed by atoms with Gasteiger partial charge in [-0.1, -0.05) is 42.5 Å². The number of carbonyl (C=O) groups excluding carboxylic acids is 2. The van der Waals surface area contributed by atoms with E-state index in [0.29, 0.717) is 24.3 Å². The van der Waals surface area contributed by atoms with E-state index in [4.69, 9.17) is 0 Å². The van der Waals surface area contributed by atoms with Crippen LogP contribution in [0.5, 0.6) is 0 Å². The number of Topliss-reactive ketones (excluding diaryl/α,β-unsaturated/α-hetero) is 1. The van der Waals surface area contributed by atoms with Crippen molar-refractivity contribution >= 4 is 11.7 Å². The van der Waals surface area contributed by atoms with Crippen LogP contribution in [0, 0.1) is 5.92 Å². The second-order valence-electron chi connectivity index (χ2n) is 9.46. The number of fused-ring (bicyclic) bond motifs is 2. The van der Waals surface area contributed by atoms with E-state index in [9.17, 15) is 9.59 Å². The quantitative estimate of drug-likeness (QED) is 0.856. The van der Waals surface area contributed by atoms with Crippen LogP contribution < -0.4 is 5.32 Å². The molecule has 5 heteroatoms. The first-order valence-corrected chi connectivity index (χ1v) is 11.1. The highest BCUT2D eigenvalue weighted by atomic mass is 16.2. The van der Waals surface area contributed by atoms with Crippen LogP contribution in [0.2, 0.25) is 0 Å². The summed E-state index contributed by atoms with van der Waals surface area (Å²) in [5.41, 5.74) is 3.59. The maximum absolute atomic E-state index is 13.5. The number of hydrogen-bond donors (Lipinski definition) is 1. The molecule has 7 rings (SSSR count). The Balaban J connectivity index is 1.39. The molecule has 1 aliphatic carbocycles. The fourth-order valence-corrected chi connectivity index (χ4v) is 6.49. The van der Waals surface area contributed by atoms with Crippen molar-refractivity contribution in [2.24, 2.45) is 5.92 Å². The zero-order valence-electron chi connectivity index (χ0n) is 17.1. The van der Waals surface area contributed by atoms with E-state index in [2.05, 4.69) is 45.4 Å². The summed E-state index contributed by atoms with van der Waals surface area (Å²) in [5.74, 6) is 0.558. The van der Waals surface area contributed by atoms with E-state index in [-0.39, 0.29) is 23.1 Å². The van der Waals surface area contributed by atoms with Crippen LogP contribution in [0.3, 0.4) is 0 Å². The standard InChI is InChI=1S/C25H27N3O2/c29-22-10-9-19-20(22)7-4-8-21(19)24(30)26-23-17-13-27-11-12-28(14-17)16-25(23,15-27)18-5-2-1-3-6-18/h1-8,17,23H,9-16H2,(H,26,30)/t17?,23-,25?/m1/s1. The number of nitrogens with one attached hydrogen (secondary N) is 1. The summed E-state index contributed by atoms with van der Waals surface area (Å²) in [5, 5.41) is 3.49. The first-order valence-electron chi connectivity index (χ1n) is 11.1. The topological polar surface area (TPSA) is 52.7 Å². The molecule has 30 heavy (non-hydrogen) atoms. The fourth-order valence-electron chi connectivity index (χ4n) is 6.49. The third-order valence-corrected chi connectivity index (χ3v) is 7.75. The van der Waals surface area contributed by atoms with Crippen molar-refractivity contribution in [3.63, 3.8) is 0 Å². The van der Waals surface area contributed by atoms with E-state index < -0.39 is 0 Å². The maximum atomic E-state index is 13.5. The molecule has 5 aliphatic rings. The summed E-state index contributed by atoms with van der Waals surface area (Å²) in [6, 6.07) is 16.5. The predicted molar refractivity (Wildman–Crippen MR) is 115 cm³/mol. The van der Waals surface area contributed by atoms with Gasteiger partial charge in [0.2, 0.25) is 0 Å². The molecule has 5 nitrogen and oxygen atoms in total. The van der Waals surface area contributed by atoms with Gasteiger partial charge >= 0.3 is 0 Å². The summed E-state index contributed by atoms with van der Waals surface area (Å²) in [6.45, 7) is 6.28. The molecular formula is C25H27N3O2. The third kappa shape index (κ3) is 2.69. The van der Waals surface area contributed by atoms with E-state index in [1.165, 1.54) is 5.56 Å². The van der Waals surface area contributed by atoms with Gasteiger partial charge in [-0.05, 0) is 23.6 Å². The zero-order chi connectivity index (χ0) is 20.3. The lowest BCUT2D eigenvalue weighted by atomic mass is 9.64. The van der Waals surface area contributed by atoms with Crippen molar-refractivity contribution in [2.45, 2.75) is 24.3 Å². The SMILES string of the molecule is O=C1CCc2c1cccc2C(=O)N[C@@H]1C2CN3CCN(C2)CC1(c1ccccc1)C3. The Hall–Kier alpha value is -2.50. The molecule has 2 aromatic rings. The van der Waals surface area contributed by atoms with Crippen molar-refractivity contribution in [3.8, 4) is 0 Å². The molecule has 2 aromatic carbocycles. The van der Waals surface area contributed by atoms with Gasteiger partial charge in [-0.25, -0.2) is 0 Å². The highest BCUT2D eigenvalue weighted by Crippen LogP contribution is 2.43. The fraction of sp³-hybridized carbons (Fsp3) is 0.440. The van der Waals surface area contributed by atoms with Crippen molar-refractivity contribution in [2.75, 3.05) is 39.3 Å². The molecule has 4 fully saturated rings. The van der Waals surface area contributed by atoms with E-state index >= 15 is 0 Å². The van der Waals surface area contributed by atoms with Crippen LogP contribution in [0.1, 0.15) is 38.3 Å². The van der Waals surface area contributed by atoms with Crippen LogP contribution in [0.15, 0.2) is 48.5 Å². The van der Waals surface area contributed by atoms with Gasteiger partial charge in [0.1, 0.15) is 0 Å². The van der Waals surface area contributed by atoms with Crippen molar-refractivity contribution in [1.29, 1.82) is 0 Å². The molecule has 4 saturated heterocycles. The van der Waals surface area contributed by atoms with Gasteiger partial charge in [-0.2, -0.15) is 0 Å². The summed E-state index contributed by atoms with van der Waals surface area (Å²) in [7, 11) is 0. The minimum Gasteiger partial charge on any atom is -0.348 e. The highest BCUT2D eigenvalue weighted by molar-refractivity contribution is 6.05. The molecule has 4 aliphatic heterocycles. The number of hydrogen-bond acceptors (Lipinski definition) is 4. The Morgan fingerprint density at radius 1 is 0.933 bits per heavy atom. The van der Waals surface area contributed by atoms with Gasteiger partial charge in [0.05, 0.1) is 0 Å². The second kappa shape index (κ2) is 6.76. The Morgan fingerprint density at radius 3 is 2.40 bits per heavy atom. The first-order chi connectivity index (χ1) is 14.6. The number of nitrogens with zero attached hydrogens (tertiary/aromatic N) is 2. The average Bonchev–Trinajstić information content (AvgIpc) is 2.97. The number of benzene rings is 2. The minimum atomic E-state index is -0.0949. The number of piperidine rings is 2. The van der Waals surface area contributed by atoms with Crippen molar-refractivity contribution < 1.29 is 9.59 Å². The molecule has 0 aromatic heterocycles. The summed E-state index contributed by atoms with van der Waals surface area (Å²) in [6.07, 6.45) is 1.20. The number of rotatable bonds is 3. The average molecular weight is 402 g/mol. The van der Waals surface area contributed by atoms with Crippen LogP contribution >= 0.6 is 0 Å². The molecule has 3 atom stereocenters. The molecular weight excluding hydrogens is 374 g/mol. The summed E-state index contributed by atoms with van der Waals surface area (Å²) >= 11 is 0. The lowest BCUT2D eigenvalue weighted by molar-refractivity contribution is 0.0180. The molecule has 0 saturated carbocycles. The first kappa shape index (κ1) is 18.3. The van der Waals surface area contributed by atoms with Crippen LogP contribution in [-0.4, -0.2) is 66.8 Å². The molecule has 0 spiro atoms. The normalized spacial score (nSPS) is 33.9. The Morgan fingerprint density at radius 2 is 1.67 bits per heavy atom. The molecule has 1 N–H and O–H groups in total. The van der Waals surface area contributed by atoms with Gasteiger partial charge in [-0.15, -0.1) is 0 Å². The minimum absolute atomic E-state index is 0.0157. The molecule has 1 amide bonds. The lowest BCUT2D eigenvalue weighted by Crippen LogP contribution is -2.70. The van der Waals surface area contributed by atoms with E-state index in [1.807, 2.05) is 18.2 Å². The third-order valence-electron chi connectivity index (χ3n) is 7.75. The van der Waals surface area contributed by atoms with Gasteiger partial charge in [0.25, 0.3) is 5.91 Å². The van der Waals surface area contributed by atoms with Crippen LogP contribution in [-0.2, 0) is 11.8 Å². The number of ketones is 1. The van der Waals surface area contributed by atoms with Crippen molar-refractivity contribution in [3.05, 3.63) is 70.8 Å². The number of carbonyl (C=O) groups is 2.